The molecular weight excluding hydrogens is 398 g/mol. The monoisotopic (exact) mass is 409 g/mol. The van der Waals surface area contributed by atoms with E-state index >= 15 is 0 Å². The molecule has 0 bridgehead atoms. The molecule has 0 fully saturated rings. The number of carbonyl (C=O) groups is 1. The van der Waals surface area contributed by atoms with Crippen molar-refractivity contribution < 1.29 is 13.9 Å². The van der Waals surface area contributed by atoms with Gasteiger partial charge in [-0.05, 0) is 30.3 Å². The summed E-state index contributed by atoms with van der Waals surface area (Å²) >= 11 is 9.42. The van der Waals surface area contributed by atoms with Gasteiger partial charge in [0.05, 0.1) is 5.02 Å². The van der Waals surface area contributed by atoms with Crippen molar-refractivity contribution in [1.29, 1.82) is 0 Å². The van der Waals surface area contributed by atoms with Gasteiger partial charge in [-0.2, -0.15) is 5.10 Å². The highest BCUT2D eigenvalue weighted by Gasteiger charge is 2.13. The number of carbonyl (C=O) groups excluding carboxylic acids is 1. The van der Waals surface area contributed by atoms with E-state index in [1.54, 1.807) is 48.3 Å². The Kier molecular flexibility index (Phi) is 4.92. The molecule has 0 saturated heterocycles. The molecule has 0 saturated carbocycles. The lowest BCUT2D eigenvalue weighted by molar-refractivity contribution is 0.0992. The second kappa shape index (κ2) is 7.11. The minimum Gasteiger partial charge on any atom is -0.484 e. The summed E-state index contributed by atoms with van der Waals surface area (Å²) in [5.74, 6) is 1.32. The van der Waals surface area contributed by atoms with E-state index in [1.807, 2.05) is 6.07 Å². The number of amides is 1. The molecule has 0 radical (unpaired) electrons. The zero-order valence-corrected chi connectivity index (χ0v) is 15.0. The molecule has 3 aromatic rings. The van der Waals surface area contributed by atoms with Crippen LogP contribution in [0.4, 0.5) is 5.82 Å². The van der Waals surface area contributed by atoms with Crippen LogP contribution in [0.1, 0.15) is 16.3 Å². The van der Waals surface area contributed by atoms with Gasteiger partial charge >= 0.3 is 0 Å². The number of anilines is 1. The van der Waals surface area contributed by atoms with Crippen LogP contribution in [0.5, 0.6) is 5.75 Å². The molecule has 6 nitrogen and oxygen atoms in total. The van der Waals surface area contributed by atoms with Gasteiger partial charge < -0.3 is 14.5 Å². The number of ether oxygens (including phenoxy) is 1. The summed E-state index contributed by atoms with van der Waals surface area (Å²) in [6.45, 7) is 0.165. The average molecular weight is 411 g/mol. The molecule has 0 unspecified atom stereocenters. The third-order valence-electron chi connectivity index (χ3n) is 3.10. The summed E-state index contributed by atoms with van der Waals surface area (Å²) in [5, 5.41) is 7.22. The topological polar surface area (TPSA) is 69.3 Å². The summed E-state index contributed by atoms with van der Waals surface area (Å²) < 4.78 is 13.5. The second-order valence-electron chi connectivity index (χ2n) is 4.96. The van der Waals surface area contributed by atoms with E-state index in [0.29, 0.717) is 22.4 Å². The van der Waals surface area contributed by atoms with Crippen LogP contribution in [0.3, 0.4) is 0 Å². The van der Waals surface area contributed by atoms with E-state index in [9.17, 15) is 4.79 Å². The molecule has 1 N–H and O–H groups in total. The Morgan fingerprint density at radius 2 is 2.21 bits per heavy atom. The molecule has 2 heterocycles. The number of benzene rings is 1. The van der Waals surface area contributed by atoms with Crippen molar-refractivity contribution in [2.24, 2.45) is 7.05 Å². The Morgan fingerprint density at radius 1 is 1.38 bits per heavy atom. The molecule has 124 valence electrons. The number of nitrogens with one attached hydrogen (secondary N) is 1. The van der Waals surface area contributed by atoms with Gasteiger partial charge in [-0.3, -0.25) is 9.48 Å². The van der Waals surface area contributed by atoms with Crippen molar-refractivity contribution in [3.63, 3.8) is 0 Å². The average Bonchev–Trinajstić information content (AvgIpc) is 3.15. The number of hydrogen-bond acceptors (Lipinski definition) is 4. The number of furan rings is 1. The van der Waals surface area contributed by atoms with Crippen LogP contribution in [-0.4, -0.2) is 15.7 Å². The molecule has 0 atom stereocenters. The fourth-order valence-corrected chi connectivity index (χ4v) is 2.71. The maximum atomic E-state index is 12.1. The van der Waals surface area contributed by atoms with Gasteiger partial charge in [-0.1, -0.05) is 27.5 Å². The van der Waals surface area contributed by atoms with Crippen LogP contribution < -0.4 is 10.1 Å². The third kappa shape index (κ3) is 3.98. The Bertz CT molecular complexity index is 875. The van der Waals surface area contributed by atoms with Crippen LogP contribution in [0.25, 0.3) is 0 Å². The van der Waals surface area contributed by atoms with Crippen molar-refractivity contribution in [3.8, 4) is 5.75 Å². The van der Waals surface area contributed by atoms with Crippen molar-refractivity contribution in [1.82, 2.24) is 9.78 Å². The second-order valence-corrected chi connectivity index (χ2v) is 6.28. The standard InChI is InChI=1S/C16H13BrClN3O3/c1-21-7-6-15(20-21)19-16(22)14-5-3-11(24-14)9-23-13-4-2-10(17)8-12(13)18/h2-8H,9H2,1H3,(H,19,20,22). The first kappa shape index (κ1) is 16.6. The largest absolute Gasteiger partial charge is 0.484 e. The molecule has 8 heteroatoms. The van der Waals surface area contributed by atoms with Gasteiger partial charge in [-0.15, -0.1) is 0 Å². The van der Waals surface area contributed by atoms with Crippen molar-refractivity contribution >= 4 is 39.3 Å². The van der Waals surface area contributed by atoms with E-state index in [-0.39, 0.29) is 18.3 Å². The van der Waals surface area contributed by atoms with Crippen LogP contribution in [0.15, 0.2) is 51.5 Å². The van der Waals surface area contributed by atoms with Gasteiger partial charge in [0.1, 0.15) is 18.1 Å². The molecule has 24 heavy (non-hydrogen) atoms. The van der Waals surface area contributed by atoms with Crippen LogP contribution >= 0.6 is 27.5 Å². The van der Waals surface area contributed by atoms with Crippen molar-refractivity contribution in [2.45, 2.75) is 6.61 Å². The van der Waals surface area contributed by atoms with E-state index in [1.165, 1.54) is 0 Å². The van der Waals surface area contributed by atoms with Gasteiger partial charge in [0.2, 0.25) is 0 Å². The number of rotatable bonds is 5. The summed E-state index contributed by atoms with van der Waals surface area (Å²) in [6.07, 6.45) is 1.74. The molecule has 0 aliphatic carbocycles. The zero-order valence-electron chi connectivity index (χ0n) is 12.6. The van der Waals surface area contributed by atoms with Gasteiger partial charge in [0.25, 0.3) is 5.91 Å². The lowest BCUT2D eigenvalue weighted by Gasteiger charge is -2.06. The smallest absolute Gasteiger partial charge is 0.292 e. The first-order valence-corrected chi connectivity index (χ1v) is 8.16. The molecule has 0 aliphatic heterocycles. The van der Waals surface area contributed by atoms with Crippen LogP contribution in [-0.2, 0) is 13.7 Å². The van der Waals surface area contributed by atoms with Gasteiger partial charge in [0.15, 0.2) is 11.6 Å². The molecule has 0 aliphatic rings. The van der Waals surface area contributed by atoms with Crippen molar-refractivity contribution in [2.75, 3.05) is 5.32 Å². The highest BCUT2D eigenvalue weighted by molar-refractivity contribution is 9.10. The molecule has 0 spiro atoms. The van der Waals surface area contributed by atoms with E-state index < -0.39 is 0 Å². The van der Waals surface area contributed by atoms with Crippen LogP contribution in [0, 0.1) is 0 Å². The normalized spacial score (nSPS) is 10.6. The predicted molar refractivity (Wildman–Crippen MR) is 93.4 cm³/mol. The van der Waals surface area contributed by atoms with Gasteiger partial charge in [-0.25, -0.2) is 0 Å². The number of nitrogens with zero attached hydrogens (tertiary/aromatic N) is 2. The minimum absolute atomic E-state index is 0.165. The number of hydrogen-bond donors (Lipinski definition) is 1. The summed E-state index contributed by atoms with van der Waals surface area (Å²) in [6, 6.07) is 10.3. The lowest BCUT2D eigenvalue weighted by atomic mass is 10.3. The maximum absolute atomic E-state index is 12.1. The highest BCUT2D eigenvalue weighted by atomic mass is 79.9. The molecule has 3 rings (SSSR count). The quantitative estimate of drug-likeness (QED) is 0.682. The Labute approximate surface area is 151 Å². The molecular formula is C16H13BrClN3O3. The molecule has 1 aromatic carbocycles. The van der Waals surface area contributed by atoms with Crippen molar-refractivity contribution in [3.05, 3.63) is 63.6 Å². The Hall–Kier alpha value is -2.25. The summed E-state index contributed by atoms with van der Waals surface area (Å²) in [4.78, 5) is 12.1. The minimum atomic E-state index is -0.373. The van der Waals surface area contributed by atoms with E-state index in [4.69, 9.17) is 20.8 Å². The van der Waals surface area contributed by atoms with Crippen LogP contribution in [0.2, 0.25) is 5.02 Å². The molecule has 1 amide bonds. The van der Waals surface area contributed by atoms with E-state index in [2.05, 4.69) is 26.3 Å². The Morgan fingerprint density at radius 3 is 2.92 bits per heavy atom. The first-order chi connectivity index (χ1) is 11.5. The summed E-state index contributed by atoms with van der Waals surface area (Å²) in [5.41, 5.74) is 0. The summed E-state index contributed by atoms with van der Waals surface area (Å²) in [7, 11) is 1.77. The number of halogens is 2. The highest BCUT2D eigenvalue weighted by Crippen LogP contribution is 2.28. The number of aromatic nitrogens is 2. The maximum Gasteiger partial charge on any atom is 0.292 e. The van der Waals surface area contributed by atoms with E-state index in [0.717, 1.165) is 4.47 Å². The number of aryl methyl sites for hydroxylation is 1. The fourth-order valence-electron chi connectivity index (χ4n) is 1.98. The fraction of sp³-hybridized carbons (Fsp3) is 0.125. The first-order valence-electron chi connectivity index (χ1n) is 6.99. The predicted octanol–water partition coefficient (Wildman–Crippen LogP) is 4.26. The SMILES string of the molecule is Cn1ccc(NC(=O)c2ccc(COc3ccc(Br)cc3Cl)o2)n1. The zero-order chi connectivity index (χ0) is 17.1. The third-order valence-corrected chi connectivity index (χ3v) is 3.89. The Balaban J connectivity index is 1.61. The lowest BCUT2D eigenvalue weighted by Crippen LogP contribution is -2.11. The van der Waals surface area contributed by atoms with Gasteiger partial charge in [0, 0.05) is 23.8 Å². The molecule has 2 aromatic heterocycles.